The zero-order chi connectivity index (χ0) is 10.8. The first-order chi connectivity index (χ1) is 7.20. The van der Waals surface area contributed by atoms with E-state index in [4.69, 9.17) is 10.2 Å². The fourth-order valence-corrected chi connectivity index (χ4v) is 1.26. The van der Waals surface area contributed by atoms with Crippen LogP contribution in [0.25, 0.3) is 5.65 Å². The molecule has 0 amide bonds. The van der Waals surface area contributed by atoms with Crippen molar-refractivity contribution in [3.05, 3.63) is 29.7 Å². The summed E-state index contributed by atoms with van der Waals surface area (Å²) in [6.45, 7) is -0.0251. The number of aromatic nitrogens is 3. The zero-order valence-corrected chi connectivity index (χ0v) is 7.79. The fraction of sp³-hybridized carbons (Fsp3) is 0.222. The van der Waals surface area contributed by atoms with Gasteiger partial charge in [0.1, 0.15) is 0 Å². The Morgan fingerprint density at radius 1 is 1.47 bits per heavy atom. The van der Waals surface area contributed by atoms with E-state index in [1.54, 1.807) is 6.07 Å². The van der Waals surface area contributed by atoms with Crippen molar-refractivity contribution >= 4 is 11.6 Å². The van der Waals surface area contributed by atoms with E-state index < -0.39 is 5.97 Å². The summed E-state index contributed by atoms with van der Waals surface area (Å²) >= 11 is 0. The molecule has 6 nitrogen and oxygen atoms in total. The smallest absolute Gasteiger partial charge is 0.337 e. The Balaban J connectivity index is 2.47. The van der Waals surface area contributed by atoms with E-state index in [0.29, 0.717) is 17.9 Å². The highest BCUT2D eigenvalue weighted by Crippen LogP contribution is 2.05. The van der Waals surface area contributed by atoms with Crippen LogP contribution in [0.5, 0.6) is 0 Å². The van der Waals surface area contributed by atoms with E-state index in [-0.39, 0.29) is 12.2 Å². The highest BCUT2D eigenvalue weighted by atomic mass is 16.4. The third kappa shape index (κ3) is 1.79. The van der Waals surface area contributed by atoms with Gasteiger partial charge in [0.25, 0.3) is 0 Å². The molecule has 15 heavy (non-hydrogen) atoms. The molecule has 0 aromatic carbocycles. The number of aliphatic hydroxyl groups is 1. The van der Waals surface area contributed by atoms with Crippen LogP contribution in [0.3, 0.4) is 0 Å². The minimum atomic E-state index is -1.00. The number of carbonyl (C=O) groups is 1. The molecule has 0 spiro atoms. The maximum Gasteiger partial charge on any atom is 0.337 e. The summed E-state index contributed by atoms with van der Waals surface area (Å²) in [7, 11) is 0. The lowest BCUT2D eigenvalue weighted by atomic mass is 10.3. The second-order valence-electron chi connectivity index (χ2n) is 3.03. The summed E-state index contributed by atoms with van der Waals surface area (Å²) in [5.41, 5.74) is 0.728. The lowest BCUT2D eigenvalue weighted by Crippen LogP contribution is -1.99. The predicted octanol–water partition coefficient (Wildman–Crippen LogP) is -0.0377. The molecule has 0 atom stereocenters. The molecule has 0 saturated carbocycles. The summed E-state index contributed by atoms with van der Waals surface area (Å²) in [5.74, 6) is -0.504. The van der Waals surface area contributed by atoms with Gasteiger partial charge in [-0.2, -0.15) is 5.10 Å². The number of hydrogen-bond donors (Lipinski definition) is 2. The van der Waals surface area contributed by atoms with E-state index in [1.165, 1.54) is 16.8 Å². The molecule has 2 rings (SSSR count). The van der Waals surface area contributed by atoms with Crippen molar-refractivity contribution in [3.8, 4) is 0 Å². The van der Waals surface area contributed by atoms with Gasteiger partial charge in [0, 0.05) is 12.6 Å². The van der Waals surface area contributed by atoms with Crippen LogP contribution in [0.2, 0.25) is 0 Å². The van der Waals surface area contributed by atoms with Gasteiger partial charge in [-0.1, -0.05) is 0 Å². The Labute approximate surface area is 84.8 Å². The van der Waals surface area contributed by atoms with Crippen LogP contribution < -0.4 is 0 Å². The molecule has 0 fully saturated rings. The Bertz CT molecular complexity index is 506. The van der Waals surface area contributed by atoms with Gasteiger partial charge in [0.15, 0.2) is 11.5 Å². The van der Waals surface area contributed by atoms with Gasteiger partial charge in [-0.15, -0.1) is 0 Å². The van der Waals surface area contributed by atoms with Crippen molar-refractivity contribution < 1.29 is 15.0 Å². The lowest BCUT2D eigenvalue weighted by molar-refractivity contribution is 0.0696. The lowest BCUT2D eigenvalue weighted by Gasteiger charge is -1.93. The highest BCUT2D eigenvalue weighted by Gasteiger charge is 2.07. The van der Waals surface area contributed by atoms with Gasteiger partial charge in [-0.05, 0) is 12.1 Å². The molecule has 0 bridgehead atoms. The third-order valence-electron chi connectivity index (χ3n) is 1.96. The summed E-state index contributed by atoms with van der Waals surface area (Å²) < 4.78 is 1.40. The van der Waals surface area contributed by atoms with Crippen LogP contribution >= 0.6 is 0 Å². The molecule has 2 aromatic rings. The van der Waals surface area contributed by atoms with Crippen LogP contribution in [0.1, 0.15) is 16.2 Å². The molecule has 0 aliphatic heterocycles. The quantitative estimate of drug-likeness (QED) is 0.737. The molecule has 0 aliphatic carbocycles. The number of fused-ring (bicyclic) bond motifs is 1. The molecule has 2 N–H and O–H groups in total. The number of rotatable bonds is 3. The van der Waals surface area contributed by atoms with E-state index in [2.05, 4.69) is 10.1 Å². The van der Waals surface area contributed by atoms with Gasteiger partial charge >= 0.3 is 5.97 Å². The van der Waals surface area contributed by atoms with Crippen molar-refractivity contribution in [1.29, 1.82) is 0 Å². The minimum absolute atomic E-state index is 0.0251. The largest absolute Gasteiger partial charge is 0.478 e. The molecule has 0 unspecified atom stereocenters. The number of carboxylic acids is 1. The van der Waals surface area contributed by atoms with E-state index in [0.717, 1.165) is 0 Å². The number of hydrogen-bond acceptors (Lipinski definition) is 4. The number of aromatic carboxylic acids is 1. The third-order valence-corrected chi connectivity index (χ3v) is 1.96. The van der Waals surface area contributed by atoms with Crippen LogP contribution in [0.15, 0.2) is 18.3 Å². The number of nitrogens with zero attached hydrogens (tertiary/aromatic N) is 3. The van der Waals surface area contributed by atoms with E-state index in [9.17, 15) is 4.79 Å². The number of aliphatic hydroxyl groups excluding tert-OH is 1. The van der Waals surface area contributed by atoms with Gasteiger partial charge in [0.05, 0.1) is 12.2 Å². The van der Waals surface area contributed by atoms with Crippen LogP contribution in [-0.4, -0.2) is 37.4 Å². The van der Waals surface area contributed by atoms with E-state index >= 15 is 0 Å². The van der Waals surface area contributed by atoms with Crippen molar-refractivity contribution in [2.24, 2.45) is 0 Å². The summed E-state index contributed by atoms with van der Waals surface area (Å²) in [6, 6.07) is 3.05. The first kappa shape index (κ1) is 9.60. The van der Waals surface area contributed by atoms with Gasteiger partial charge < -0.3 is 10.2 Å². The van der Waals surface area contributed by atoms with Crippen molar-refractivity contribution in [3.63, 3.8) is 0 Å². The summed E-state index contributed by atoms with van der Waals surface area (Å²) in [5, 5.41) is 21.5. The predicted molar refractivity (Wildman–Crippen MR) is 50.7 cm³/mol. The Kier molecular flexibility index (Phi) is 2.34. The van der Waals surface area contributed by atoms with Crippen LogP contribution in [0.4, 0.5) is 0 Å². The van der Waals surface area contributed by atoms with Crippen molar-refractivity contribution in [2.45, 2.75) is 6.42 Å². The fourth-order valence-electron chi connectivity index (χ4n) is 1.26. The SMILES string of the molecule is O=C(O)c1ccc2nc(CCO)nn2c1. The zero-order valence-electron chi connectivity index (χ0n) is 7.79. The molecular formula is C9H9N3O3. The average molecular weight is 207 g/mol. The summed E-state index contributed by atoms with van der Waals surface area (Å²) in [6.07, 6.45) is 1.76. The van der Waals surface area contributed by atoms with Gasteiger partial charge in [-0.25, -0.2) is 14.3 Å². The van der Waals surface area contributed by atoms with Gasteiger partial charge in [0.2, 0.25) is 0 Å². The molecule has 2 heterocycles. The molecule has 6 heteroatoms. The maximum atomic E-state index is 10.7. The van der Waals surface area contributed by atoms with Crippen molar-refractivity contribution in [1.82, 2.24) is 14.6 Å². The average Bonchev–Trinajstić information content (AvgIpc) is 2.59. The van der Waals surface area contributed by atoms with Crippen molar-refractivity contribution in [2.75, 3.05) is 6.61 Å². The van der Waals surface area contributed by atoms with Crippen LogP contribution in [0, 0.1) is 0 Å². The maximum absolute atomic E-state index is 10.7. The molecular weight excluding hydrogens is 198 g/mol. The second-order valence-corrected chi connectivity index (χ2v) is 3.03. The Hall–Kier alpha value is -1.95. The first-order valence-corrected chi connectivity index (χ1v) is 4.40. The highest BCUT2D eigenvalue weighted by molar-refractivity contribution is 5.87. The molecule has 0 saturated heterocycles. The second kappa shape index (κ2) is 3.66. The van der Waals surface area contributed by atoms with Crippen LogP contribution in [-0.2, 0) is 6.42 Å². The van der Waals surface area contributed by atoms with E-state index in [1.807, 2.05) is 0 Å². The first-order valence-electron chi connectivity index (χ1n) is 4.40. The molecule has 0 radical (unpaired) electrons. The number of carboxylic acid groups (broad SMARTS) is 1. The standard InChI is InChI=1S/C9H9N3O3/c13-4-3-7-10-8-2-1-6(9(14)15)5-12(8)11-7/h1-2,5,13H,3-4H2,(H,14,15). The minimum Gasteiger partial charge on any atom is -0.478 e. The van der Waals surface area contributed by atoms with Gasteiger partial charge in [-0.3, -0.25) is 0 Å². The molecule has 2 aromatic heterocycles. The molecule has 78 valence electrons. The normalized spacial score (nSPS) is 10.7. The Morgan fingerprint density at radius 2 is 2.27 bits per heavy atom. The molecule has 0 aliphatic rings. The Morgan fingerprint density at radius 3 is 2.93 bits per heavy atom. The summed E-state index contributed by atoms with van der Waals surface area (Å²) in [4.78, 5) is 14.8. The topological polar surface area (TPSA) is 87.7 Å². The monoisotopic (exact) mass is 207 g/mol. The number of pyridine rings is 1.